The third-order valence-electron chi connectivity index (χ3n) is 3.85. The number of carbonyl (C=O) groups excluding carboxylic acids is 1. The highest BCUT2D eigenvalue weighted by molar-refractivity contribution is 7.99. The number of rotatable bonds is 5. The number of hydrogen-bond acceptors (Lipinski definition) is 7. The number of carbonyl (C=O) groups is 1. The van der Waals surface area contributed by atoms with Crippen LogP contribution < -0.4 is 0 Å². The van der Waals surface area contributed by atoms with E-state index in [4.69, 9.17) is 0 Å². The number of para-hydroxylation sites is 1. The van der Waals surface area contributed by atoms with Crippen LogP contribution in [-0.2, 0) is 10.0 Å². The zero-order valence-electron chi connectivity index (χ0n) is 13.8. The molecule has 2 heterocycles. The third-order valence-corrected chi connectivity index (χ3v) is 6.43. The standard InChI is InChI=1S/C17H13N5O3S2/c23-16-14-9-4-5-10-15(14)27(24,25)21(16)11-6-12-26-17-18-19-20-22(17)13-7-2-1-3-8-13/h1-11H,12H2/b11-6+. The van der Waals surface area contributed by atoms with Gasteiger partial charge in [-0.3, -0.25) is 4.79 Å². The fourth-order valence-corrected chi connectivity index (χ4v) is 4.76. The molecule has 1 aromatic heterocycles. The molecule has 0 aliphatic carbocycles. The molecule has 0 saturated carbocycles. The minimum Gasteiger partial charge on any atom is -0.268 e. The lowest BCUT2D eigenvalue weighted by Crippen LogP contribution is -2.24. The molecule has 1 amide bonds. The van der Waals surface area contributed by atoms with Crippen LogP contribution in [0.25, 0.3) is 5.69 Å². The molecule has 2 aromatic carbocycles. The summed E-state index contributed by atoms with van der Waals surface area (Å²) in [5.41, 5.74) is 1.00. The number of nitrogens with zero attached hydrogens (tertiary/aromatic N) is 5. The normalized spacial score (nSPS) is 15.4. The fourth-order valence-electron chi connectivity index (χ4n) is 2.61. The van der Waals surface area contributed by atoms with Crippen LogP contribution in [0, 0.1) is 0 Å². The van der Waals surface area contributed by atoms with E-state index in [1.54, 1.807) is 22.9 Å². The minimum atomic E-state index is -3.84. The molecule has 0 radical (unpaired) electrons. The van der Waals surface area contributed by atoms with Gasteiger partial charge in [0.15, 0.2) is 0 Å². The predicted molar refractivity (Wildman–Crippen MR) is 98.8 cm³/mol. The van der Waals surface area contributed by atoms with Crippen LogP contribution in [0.1, 0.15) is 10.4 Å². The minimum absolute atomic E-state index is 0.0281. The van der Waals surface area contributed by atoms with Gasteiger partial charge in [0.25, 0.3) is 15.9 Å². The molecule has 27 heavy (non-hydrogen) atoms. The SMILES string of the molecule is O=C1c2ccccc2S(=O)(=O)N1/C=C/CSc1nnnn1-c1ccccc1. The second kappa shape index (κ2) is 6.97. The van der Waals surface area contributed by atoms with E-state index in [2.05, 4.69) is 15.5 Å². The first-order chi connectivity index (χ1) is 13.1. The first-order valence-corrected chi connectivity index (χ1v) is 10.3. The number of hydrogen-bond donors (Lipinski definition) is 0. The summed E-state index contributed by atoms with van der Waals surface area (Å²) in [5, 5.41) is 12.2. The topological polar surface area (TPSA) is 98.1 Å². The highest BCUT2D eigenvalue weighted by Gasteiger charge is 2.39. The van der Waals surface area contributed by atoms with Crippen LogP contribution in [-0.4, -0.2) is 44.6 Å². The van der Waals surface area contributed by atoms with E-state index >= 15 is 0 Å². The van der Waals surface area contributed by atoms with E-state index in [0.717, 1.165) is 9.99 Å². The largest absolute Gasteiger partial charge is 0.273 e. The van der Waals surface area contributed by atoms with E-state index in [9.17, 15) is 13.2 Å². The molecule has 3 aromatic rings. The second-order valence-corrected chi connectivity index (χ2v) is 8.28. The Kier molecular flexibility index (Phi) is 4.50. The number of aromatic nitrogens is 4. The maximum atomic E-state index is 12.5. The van der Waals surface area contributed by atoms with Crippen molar-refractivity contribution in [2.24, 2.45) is 0 Å². The Morgan fingerprint density at radius 1 is 1.04 bits per heavy atom. The molecule has 0 N–H and O–H groups in total. The summed E-state index contributed by atoms with van der Waals surface area (Å²) < 4.78 is 27.3. The molecule has 0 bridgehead atoms. The molecule has 0 atom stereocenters. The monoisotopic (exact) mass is 399 g/mol. The van der Waals surface area contributed by atoms with Gasteiger partial charge in [0, 0.05) is 12.0 Å². The van der Waals surface area contributed by atoms with E-state index in [1.807, 2.05) is 30.3 Å². The van der Waals surface area contributed by atoms with Crippen molar-refractivity contribution in [1.29, 1.82) is 0 Å². The van der Waals surface area contributed by atoms with E-state index < -0.39 is 15.9 Å². The smallest absolute Gasteiger partial charge is 0.268 e. The van der Waals surface area contributed by atoms with Crippen molar-refractivity contribution in [2.45, 2.75) is 10.1 Å². The highest BCUT2D eigenvalue weighted by atomic mass is 32.2. The lowest BCUT2D eigenvalue weighted by atomic mass is 10.2. The van der Waals surface area contributed by atoms with Gasteiger partial charge in [-0.05, 0) is 34.7 Å². The third kappa shape index (κ3) is 3.13. The molecule has 136 valence electrons. The molecule has 0 saturated heterocycles. The van der Waals surface area contributed by atoms with Crippen molar-refractivity contribution in [3.63, 3.8) is 0 Å². The molecule has 0 unspecified atom stereocenters. The summed E-state index contributed by atoms with van der Waals surface area (Å²) in [5.74, 6) is -0.163. The summed E-state index contributed by atoms with van der Waals surface area (Å²) in [6.07, 6.45) is 2.87. The van der Waals surface area contributed by atoms with Crippen molar-refractivity contribution in [3.05, 3.63) is 72.4 Å². The Balaban J connectivity index is 1.48. The van der Waals surface area contributed by atoms with Gasteiger partial charge in [-0.2, -0.15) is 4.68 Å². The van der Waals surface area contributed by atoms with Gasteiger partial charge in [-0.1, -0.05) is 48.2 Å². The number of sulfonamides is 1. The molecule has 10 heteroatoms. The average Bonchev–Trinajstić information content (AvgIpc) is 3.23. The molecule has 1 aliphatic rings. The van der Waals surface area contributed by atoms with Crippen LogP contribution in [0.5, 0.6) is 0 Å². The lowest BCUT2D eigenvalue weighted by Gasteiger charge is -2.08. The van der Waals surface area contributed by atoms with Crippen LogP contribution in [0.15, 0.2) is 76.9 Å². The maximum Gasteiger partial charge on any atom is 0.273 e. The van der Waals surface area contributed by atoms with Gasteiger partial charge in [0.2, 0.25) is 5.16 Å². The van der Waals surface area contributed by atoms with Gasteiger partial charge in [0.1, 0.15) is 4.90 Å². The number of tetrazole rings is 1. The maximum absolute atomic E-state index is 12.5. The molecular formula is C17H13N5O3S2. The van der Waals surface area contributed by atoms with Crippen molar-refractivity contribution in [3.8, 4) is 5.69 Å². The second-order valence-electron chi connectivity index (χ2n) is 5.51. The summed E-state index contributed by atoms with van der Waals surface area (Å²) in [4.78, 5) is 12.4. The van der Waals surface area contributed by atoms with Gasteiger partial charge in [-0.15, -0.1) is 5.10 Å². The Hall–Kier alpha value is -2.98. The Labute approximate surface area is 159 Å². The van der Waals surface area contributed by atoms with Crippen molar-refractivity contribution in [1.82, 2.24) is 24.5 Å². The molecule has 4 rings (SSSR count). The number of amides is 1. The lowest BCUT2D eigenvalue weighted by molar-refractivity contribution is 0.0906. The quantitative estimate of drug-likeness (QED) is 0.606. The Bertz CT molecular complexity index is 1130. The average molecular weight is 399 g/mol. The first kappa shape index (κ1) is 17.4. The van der Waals surface area contributed by atoms with Crippen LogP contribution in [0.3, 0.4) is 0 Å². The van der Waals surface area contributed by atoms with Gasteiger partial charge in [0.05, 0.1) is 11.3 Å². The number of benzene rings is 2. The van der Waals surface area contributed by atoms with Gasteiger partial charge >= 0.3 is 0 Å². The first-order valence-electron chi connectivity index (χ1n) is 7.90. The van der Waals surface area contributed by atoms with Crippen molar-refractivity contribution >= 4 is 27.7 Å². The molecular weight excluding hydrogens is 386 g/mol. The number of thioether (sulfide) groups is 1. The number of fused-ring (bicyclic) bond motifs is 1. The molecule has 0 spiro atoms. The molecule has 0 fully saturated rings. The zero-order chi connectivity index (χ0) is 18.9. The van der Waals surface area contributed by atoms with Crippen LogP contribution in [0.2, 0.25) is 0 Å². The summed E-state index contributed by atoms with van der Waals surface area (Å²) >= 11 is 1.32. The van der Waals surface area contributed by atoms with E-state index in [0.29, 0.717) is 10.9 Å². The summed E-state index contributed by atoms with van der Waals surface area (Å²) in [7, 11) is -3.84. The van der Waals surface area contributed by atoms with Gasteiger partial charge < -0.3 is 0 Å². The van der Waals surface area contributed by atoms with Crippen LogP contribution in [0.4, 0.5) is 0 Å². The van der Waals surface area contributed by atoms with E-state index in [-0.39, 0.29) is 10.5 Å². The predicted octanol–water partition coefficient (Wildman–Crippen LogP) is 2.11. The van der Waals surface area contributed by atoms with Crippen molar-refractivity contribution in [2.75, 3.05) is 5.75 Å². The zero-order valence-corrected chi connectivity index (χ0v) is 15.5. The highest BCUT2D eigenvalue weighted by Crippen LogP contribution is 2.30. The molecule has 8 nitrogen and oxygen atoms in total. The Morgan fingerprint density at radius 3 is 2.56 bits per heavy atom. The summed E-state index contributed by atoms with van der Waals surface area (Å²) in [6, 6.07) is 15.6. The van der Waals surface area contributed by atoms with E-state index in [1.165, 1.54) is 30.1 Å². The molecule has 1 aliphatic heterocycles. The van der Waals surface area contributed by atoms with Crippen molar-refractivity contribution < 1.29 is 13.2 Å². The fraction of sp³-hybridized carbons (Fsp3) is 0.0588. The van der Waals surface area contributed by atoms with Gasteiger partial charge in [-0.25, -0.2) is 12.7 Å². The van der Waals surface area contributed by atoms with Crippen LogP contribution >= 0.6 is 11.8 Å². The Morgan fingerprint density at radius 2 is 1.78 bits per heavy atom. The summed E-state index contributed by atoms with van der Waals surface area (Å²) in [6.45, 7) is 0.